The van der Waals surface area contributed by atoms with Gasteiger partial charge < -0.3 is 5.32 Å². The van der Waals surface area contributed by atoms with E-state index in [1.54, 1.807) is 0 Å². The topological polar surface area (TPSA) is 115 Å². The van der Waals surface area contributed by atoms with E-state index in [1.165, 1.54) is 0 Å². The van der Waals surface area contributed by atoms with Crippen molar-refractivity contribution >= 4 is 32.4 Å². The molecule has 1 aliphatic carbocycles. The standard InChI is InChI=1S/C10H16N4O3S2/c1-9(2)5(10(9,3)4)6(15)12-7-13-14-8(18-7)19(11,16)17/h5H,1-4H3,(H2,11,16,17)(H,12,13,15). The summed E-state index contributed by atoms with van der Waals surface area (Å²) in [5, 5.41) is 14.7. The molecule has 9 heteroatoms. The van der Waals surface area contributed by atoms with Crippen LogP contribution >= 0.6 is 11.3 Å². The van der Waals surface area contributed by atoms with Gasteiger partial charge in [0.2, 0.25) is 15.4 Å². The third-order valence-corrected chi connectivity index (χ3v) is 6.31. The van der Waals surface area contributed by atoms with Gasteiger partial charge in [-0.2, -0.15) is 0 Å². The summed E-state index contributed by atoms with van der Waals surface area (Å²) >= 11 is 0.746. The van der Waals surface area contributed by atoms with Crippen molar-refractivity contribution in [2.75, 3.05) is 5.32 Å². The number of carbonyl (C=O) groups is 1. The van der Waals surface area contributed by atoms with Crippen molar-refractivity contribution in [3.8, 4) is 0 Å². The first-order valence-corrected chi connectivity index (χ1v) is 8.01. The third-order valence-electron chi connectivity index (χ3n) is 4.16. The Balaban J connectivity index is 2.12. The first kappa shape index (κ1) is 14.4. The highest BCUT2D eigenvalue weighted by atomic mass is 32.2. The van der Waals surface area contributed by atoms with Crippen LogP contribution in [0.2, 0.25) is 0 Å². The Morgan fingerprint density at radius 1 is 1.26 bits per heavy atom. The molecule has 0 unspecified atom stereocenters. The van der Waals surface area contributed by atoms with Crippen LogP contribution in [0.25, 0.3) is 0 Å². The number of nitrogens with one attached hydrogen (secondary N) is 1. The molecule has 0 atom stereocenters. The molecular formula is C10H16N4O3S2. The molecular weight excluding hydrogens is 288 g/mol. The summed E-state index contributed by atoms with van der Waals surface area (Å²) in [5.41, 5.74) is -0.185. The van der Waals surface area contributed by atoms with Crippen LogP contribution in [0.15, 0.2) is 4.34 Å². The van der Waals surface area contributed by atoms with Gasteiger partial charge in [0.1, 0.15) is 0 Å². The van der Waals surface area contributed by atoms with Gasteiger partial charge in [-0.05, 0) is 10.8 Å². The van der Waals surface area contributed by atoms with Gasteiger partial charge >= 0.3 is 0 Å². The first-order valence-electron chi connectivity index (χ1n) is 5.65. The van der Waals surface area contributed by atoms with E-state index in [2.05, 4.69) is 15.5 Å². The molecule has 0 spiro atoms. The zero-order chi connectivity index (χ0) is 14.6. The fourth-order valence-corrected chi connectivity index (χ4v) is 3.74. The second kappa shape index (κ2) is 3.97. The van der Waals surface area contributed by atoms with Gasteiger partial charge in [-0.25, -0.2) is 13.6 Å². The highest BCUT2D eigenvalue weighted by Crippen LogP contribution is 2.68. The molecule has 0 radical (unpaired) electrons. The van der Waals surface area contributed by atoms with E-state index in [4.69, 9.17) is 5.14 Å². The van der Waals surface area contributed by atoms with Crippen LogP contribution in [0.4, 0.5) is 5.13 Å². The fourth-order valence-electron chi connectivity index (χ4n) is 2.40. The Bertz CT molecular complexity index is 619. The minimum atomic E-state index is -3.87. The van der Waals surface area contributed by atoms with Crippen LogP contribution in [-0.2, 0) is 14.8 Å². The number of rotatable bonds is 3. The number of nitrogens with zero attached hydrogens (tertiary/aromatic N) is 2. The molecule has 0 aliphatic heterocycles. The van der Waals surface area contributed by atoms with Crippen molar-refractivity contribution in [1.82, 2.24) is 10.2 Å². The lowest BCUT2D eigenvalue weighted by atomic mass is 10.0. The summed E-state index contributed by atoms with van der Waals surface area (Å²) in [6, 6.07) is 0. The predicted octanol–water partition coefficient (Wildman–Crippen LogP) is 0.806. The van der Waals surface area contributed by atoms with Crippen molar-refractivity contribution in [3.63, 3.8) is 0 Å². The largest absolute Gasteiger partial charge is 0.300 e. The molecule has 1 heterocycles. The molecule has 19 heavy (non-hydrogen) atoms. The molecule has 0 bridgehead atoms. The molecule has 1 aliphatic rings. The zero-order valence-electron chi connectivity index (χ0n) is 11.1. The van der Waals surface area contributed by atoms with Crippen molar-refractivity contribution in [2.45, 2.75) is 32.0 Å². The van der Waals surface area contributed by atoms with E-state index in [1.807, 2.05) is 27.7 Å². The zero-order valence-corrected chi connectivity index (χ0v) is 12.7. The molecule has 106 valence electrons. The van der Waals surface area contributed by atoms with Gasteiger partial charge in [-0.15, -0.1) is 10.2 Å². The maximum atomic E-state index is 12.1. The second-order valence-corrected chi connectivity index (χ2v) is 8.50. The molecule has 1 aromatic heterocycles. The molecule has 0 aromatic carbocycles. The Hall–Kier alpha value is -1.06. The Morgan fingerprint density at radius 3 is 2.16 bits per heavy atom. The smallest absolute Gasteiger partial charge is 0.267 e. The summed E-state index contributed by atoms with van der Waals surface area (Å²) in [6.45, 7) is 8.08. The van der Waals surface area contributed by atoms with Gasteiger partial charge in [-0.3, -0.25) is 4.79 Å². The first-order chi connectivity index (χ1) is 8.48. The van der Waals surface area contributed by atoms with Crippen LogP contribution in [0.1, 0.15) is 27.7 Å². The van der Waals surface area contributed by atoms with E-state index < -0.39 is 10.0 Å². The average Bonchev–Trinajstić information content (AvgIpc) is 2.60. The molecule has 2 rings (SSSR count). The van der Waals surface area contributed by atoms with Gasteiger partial charge in [0.25, 0.3) is 10.0 Å². The van der Waals surface area contributed by atoms with Crippen LogP contribution < -0.4 is 10.5 Å². The summed E-state index contributed by atoms with van der Waals surface area (Å²) in [5.74, 6) is -0.311. The third kappa shape index (κ3) is 2.26. The normalized spacial score (nSPS) is 21.1. The Labute approximate surface area is 115 Å². The fraction of sp³-hybridized carbons (Fsp3) is 0.700. The maximum absolute atomic E-state index is 12.1. The number of carbonyl (C=O) groups excluding carboxylic acids is 1. The summed E-state index contributed by atoms with van der Waals surface area (Å²) in [4.78, 5) is 12.1. The number of amides is 1. The highest BCUT2D eigenvalue weighted by Gasteiger charge is 2.68. The Kier molecular flexibility index (Phi) is 3.00. The minimum Gasteiger partial charge on any atom is -0.300 e. The van der Waals surface area contributed by atoms with Crippen LogP contribution in [0.5, 0.6) is 0 Å². The van der Waals surface area contributed by atoms with E-state index in [0.717, 1.165) is 11.3 Å². The number of sulfonamides is 1. The lowest BCUT2D eigenvalue weighted by Gasteiger charge is -2.03. The number of aromatic nitrogens is 2. The lowest BCUT2D eigenvalue weighted by Crippen LogP contribution is -2.17. The van der Waals surface area contributed by atoms with E-state index >= 15 is 0 Å². The summed E-state index contributed by atoms with van der Waals surface area (Å²) < 4.78 is 21.8. The number of primary sulfonamides is 1. The molecule has 1 aromatic rings. The molecule has 0 saturated heterocycles. The number of nitrogens with two attached hydrogens (primary N) is 1. The minimum absolute atomic E-state index is 0.0927. The summed E-state index contributed by atoms with van der Waals surface area (Å²) in [6.07, 6.45) is 0. The van der Waals surface area contributed by atoms with Crippen LogP contribution in [-0.4, -0.2) is 24.5 Å². The maximum Gasteiger partial charge on any atom is 0.267 e. The summed E-state index contributed by atoms with van der Waals surface area (Å²) in [7, 11) is -3.87. The lowest BCUT2D eigenvalue weighted by molar-refractivity contribution is -0.118. The van der Waals surface area contributed by atoms with Gasteiger partial charge in [0, 0.05) is 5.92 Å². The number of anilines is 1. The quantitative estimate of drug-likeness (QED) is 0.802. The Morgan fingerprint density at radius 2 is 1.79 bits per heavy atom. The molecule has 7 nitrogen and oxygen atoms in total. The SMILES string of the molecule is CC1(C)C(C(=O)Nc2nnc(S(N)(=O)=O)s2)C1(C)C. The van der Waals surface area contributed by atoms with Crippen LogP contribution in [0, 0.1) is 16.7 Å². The number of hydrogen-bond donors (Lipinski definition) is 2. The highest BCUT2D eigenvalue weighted by molar-refractivity contribution is 7.91. The van der Waals surface area contributed by atoms with E-state index in [-0.39, 0.29) is 32.1 Å². The van der Waals surface area contributed by atoms with Crippen molar-refractivity contribution in [1.29, 1.82) is 0 Å². The average molecular weight is 304 g/mol. The van der Waals surface area contributed by atoms with E-state index in [0.29, 0.717) is 0 Å². The monoisotopic (exact) mass is 304 g/mol. The molecule has 1 fully saturated rings. The van der Waals surface area contributed by atoms with Gasteiger partial charge in [0.05, 0.1) is 0 Å². The van der Waals surface area contributed by atoms with Crippen molar-refractivity contribution in [3.05, 3.63) is 0 Å². The number of hydrogen-bond acceptors (Lipinski definition) is 6. The van der Waals surface area contributed by atoms with Crippen LogP contribution in [0.3, 0.4) is 0 Å². The second-order valence-electron chi connectivity index (χ2n) is 5.78. The van der Waals surface area contributed by atoms with Crippen molar-refractivity contribution < 1.29 is 13.2 Å². The van der Waals surface area contributed by atoms with Gasteiger partial charge in [-0.1, -0.05) is 39.0 Å². The van der Waals surface area contributed by atoms with E-state index in [9.17, 15) is 13.2 Å². The predicted molar refractivity (Wildman–Crippen MR) is 71.0 cm³/mol. The van der Waals surface area contributed by atoms with Gasteiger partial charge in [0.15, 0.2) is 0 Å². The molecule has 1 saturated carbocycles. The molecule has 3 N–H and O–H groups in total. The molecule has 1 amide bonds. The van der Waals surface area contributed by atoms with Crippen molar-refractivity contribution in [2.24, 2.45) is 21.9 Å².